The van der Waals surface area contributed by atoms with Crippen molar-refractivity contribution in [2.45, 2.75) is 13.8 Å². The monoisotopic (exact) mass is 664 g/mol. The Kier molecular flexibility index (Phi) is 7.98. The van der Waals surface area contributed by atoms with Crippen LogP contribution in [0.3, 0.4) is 0 Å². The fourth-order valence-electron chi connectivity index (χ4n) is 7.38. The molecular weight excluding hydrogens is 629 g/mol. The van der Waals surface area contributed by atoms with Crippen LogP contribution in [0, 0.1) is 13.8 Å². The molecule has 246 valence electrons. The molecule has 0 aliphatic rings. The average Bonchev–Trinajstić information content (AvgIpc) is 3.20. The van der Waals surface area contributed by atoms with E-state index >= 15 is 0 Å². The van der Waals surface area contributed by atoms with Gasteiger partial charge in [-0.3, -0.25) is 4.98 Å². The number of fused-ring (bicyclic) bond motifs is 3. The minimum absolute atomic E-state index is 0.952. The number of pyridine rings is 2. The molecule has 0 saturated carbocycles. The Bertz CT molecular complexity index is 2650. The summed E-state index contributed by atoms with van der Waals surface area (Å²) in [5.41, 5.74) is 15.5. The fourth-order valence-corrected chi connectivity index (χ4v) is 7.38. The maximum absolute atomic E-state index is 5.17. The van der Waals surface area contributed by atoms with Crippen LogP contribution in [0.1, 0.15) is 11.4 Å². The summed E-state index contributed by atoms with van der Waals surface area (Å²) in [7, 11) is 0. The van der Waals surface area contributed by atoms with E-state index in [1.165, 1.54) is 54.9 Å². The SMILES string of the molecule is Cc1cc(-c2ccc(-c3cc(-c4cc(-c5ccccc5)nc(-c5ccccc5)c4)cc(-c4ccc5ccc6ccccc6c5c4)c3)cc2)cc(C)n1. The van der Waals surface area contributed by atoms with Crippen LogP contribution < -0.4 is 0 Å². The first-order valence-electron chi connectivity index (χ1n) is 17.8. The molecule has 0 atom stereocenters. The summed E-state index contributed by atoms with van der Waals surface area (Å²) in [6, 6.07) is 65.6. The van der Waals surface area contributed by atoms with Gasteiger partial charge in [-0.15, -0.1) is 0 Å². The number of aromatic nitrogens is 2. The smallest absolute Gasteiger partial charge is 0.0715 e. The molecular formula is C50H36N2. The molecule has 0 saturated heterocycles. The lowest BCUT2D eigenvalue weighted by Gasteiger charge is -2.15. The van der Waals surface area contributed by atoms with E-state index in [1.54, 1.807) is 0 Å². The van der Waals surface area contributed by atoms with E-state index in [1.807, 2.05) is 0 Å². The van der Waals surface area contributed by atoms with Crippen LogP contribution in [0.5, 0.6) is 0 Å². The molecule has 0 N–H and O–H groups in total. The average molecular weight is 665 g/mol. The Hall–Kier alpha value is -6.64. The molecule has 0 aliphatic carbocycles. The Morgan fingerprint density at radius 1 is 0.269 bits per heavy atom. The first-order chi connectivity index (χ1) is 25.5. The van der Waals surface area contributed by atoms with Crippen LogP contribution >= 0.6 is 0 Å². The second-order valence-electron chi connectivity index (χ2n) is 13.6. The van der Waals surface area contributed by atoms with Crippen molar-refractivity contribution in [2.75, 3.05) is 0 Å². The highest BCUT2D eigenvalue weighted by atomic mass is 14.7. The third kappa shape index (κ3) is 6.16. The molecule has 2 heteroatoms. The lowest BCUT2D eigenvalue weighted by Crippen LogP contribution is -1.92. The van der Waals surface area contributed by atoms with Crippen molar-refractivity contribution >= 4 is 21.5 Å². The summed E-state index contributed by atoms with van der Waals surface area (Å²) in [5, 5.41) is 5.02. The van der Waals surface area contributed by atoms with Gasteiger partial charge in [-0.25, -0.2) is 4.98 Å². The molecule has 0 spiro atoms. The van der Waals surface area contributed by atoms with Crippen molar-refractivity contribution in [2.24, 2.45) is 0 Å². The van der Waals surface area contributed by atoms with E-state index in [-0.39, 0.29) is 0 Å². The lowest BCUT2D eigenvalue weighted by molar-refractivity contribution is 1.12. The topological polar surface area (TPSA) is 25.8 Å². The molecule has 7 aromatic carbocycles. The van der Waals surface area contributed by atoms with Gasteiger partial charge in [0.1, 0.15) is 0 Å². The van der Waals surface area contributed by atoms with Gasteiger partial charge in [0.25, 0.3) is 0 Å². The zero-order valence-corrected chi connectivity index (χ0v) is 29.2. The molecule has 2 aromatic heterocycles. The molecule has 0 fully saturated rings. The fraction of sp³-hybridized carbons (Fsp3) is 0.0400. The van der Waals surface area contributed by atoms with Gasteiger partial charge in [0, 0.05) is 22.5 Å². The minimum Gasteiger partial charge on any atom is -0.258 e. The predicted molar refractivity (Wildman–Crippen MR) is 219 cm³/mol. The Morgan fingerprint density at radius 2 is 0.692 bits per heavy atom. The lowest BCUT2D eigenvalue weighted by atomic mass is 9.90. The van der Waals surface area contributed by atoms with Crippen LogP contribution in [-0.2, 0) is 0 Å². The number of benzene rings is 7. The van der Waals surface area contributed by atoms with Crippen LogP contribution in [0.2, 0.25) is 0 Å². The van der Waals surface area contributed by atoms with Crippen molar-refractivity contribution in [1.82, 2.24) is 9.97 Å². The van der Waals surface area contributed by atoms with E-state index in [4.69, 9.17) is 4.98 Å². The molecule has 0 unspecified atom stereocenters. The quantitative estimate of drug-likeness (QED) is 0.165. The van der Waals surface area contributed by atoms with Gasteiger partial charge < -0.3 is 0 Å². The van der Waals surface area contributed by atoms with E-state index in [0.29, 0.717) is 0 Å². The summed E-state index contributed by atoms with van der Waals surface area (Å²) < 4.78 is 0. The number of hydrogen-bond donors (Lipinski definition) is 0. The molecule has 2 heterocycles. The maximum atomic E-state index is 5.17. The second-order valence-corrected chi connectivity index (χ2v) is 13.6. The summed E-state index contributed by atoms with van der Waals surface area (Å²) in [6.45, 7) is 4.11. The normalized spacial score (nSPS) is 11.3. The van der Waals surface area contributed by atoms with Crippen molar-refractivity contribution in [1.29, 1.82) is 0 Å². The van der Waals surface area contributed by atoms with Crippen LogP contribution in [0.4, 0.5) is 0 Å². The molecule has 0 aliphatic heterocycles. The molecule has 0 bridgehead atoms. The first-order valence-corrected chi connectivity index (χ1v) is 17.8. The highest BCUT2D eigenvalue weighted by molar-refractivity contribution is 6.08. The standard InChI is InChI=1S/C50H36N2/c1-33-25-42(26-34(2)51-33)35-17-19-36(20-18-35)43-27-44(41-24-23-38-22-21-37-11-9-10-16-47(37)48(38)30-41)29-45(28-43)46-31-49(39-12-5-3-6-13-39)52-50(32-46)40-14-7-4-8-15-40/h3-32H,1-2H3. The van der Waals surface area contributed by atoms with Crippen LogP contribution in [0.25, 0.3) is 88.6 Å². The third-order valence-electron chi connectivity index (χ3n) is 9.94. The van der Waals surface area contributed by atoms with E-state index < -0.39 is 0 Å². The molecule has 9 aromatic rings. The van der Waals surface area contributed by atoms with Gasteiger partial charge in [-0.1, -0.05) is 133 Å². The molecule has 0 amide bonds. The van der Waals surface area contributed by atoms with Gasteiger partial charge in [-0.05, 0) is 128 Å². The Labute approximate surface area is 304 Å². The van der Waals surface area contributed by atoms with Crippen molar-refractivity contribution in [3.8, 4) is 67.0 Å². The van der Waals surface area contributed by atoms with E-state index in [2.05, 4.69) is 201 Å². The van der Waals surface area contributed by atoms with Gasteiger partial charge in [0.05, 0.1) is 11.4 Å². The summed E-state index contributed by atoms with van der Waals surface area (Å²) in [4.78, 5) is 9.75. The van der Waals surface area contributed by atoms with Crippen LogP contribution in [-0.4, -0.2) is 9.97 Å². The predicted octanol–water partition coefficient (Wildman–Crippen LogP) is 13.4. The molecule has 2 nitrogen and oxygen atoms in total. The summed E-state index contributed by atoms with van der Waals surface area (Å²) >= 11 is 0. The van der Waals surface area contributed by atoms with Gasteiger partial charge in [-0.2, -0.15) is 0 Å². The third-order valence-corrected chi connectivity index (χ3v) is 9.94. The van der Waals surface area contributed by atoms with E-state index in [9.17, 15) is 0 Å². The Morgan fingerprint density at radius 3 is 1.29 bits per heavy atom. The second kappa shape index (κ2) is 13.2. The van der Waals surface area contributed by atoms with Gasteiger partial charge in [0.2, 0.25) is 0 Å². The van der Waals surface area contributed by atoms with Crippen molar-refractivity contribution in [3.05, 3.63) is 193 Å². The summed E-state index contributed by atoms with van der Waals surface area (Å²) in [5.74, 6) is 0. The number of hydrogen-bond acceptors (Lipinski definition) is 2. The zero-order valence-electron chi connectivity index (χ0n) is 29.2. The zero-order chi connectivity index (χ0) is 35.0. The molecule has 9 rings (SSSR count). The summed E-state index contributed by atoms with van der Waals surface area (Å²) in [6.07, 6.45) is 0. The van der Waals surface area contributed by atoms with Crippen LogP contribution in [0.15, 0.2) is 182 Å². The molecule has 52 heavy (non-hydrogen) atoms. The highest BCUT2D eigenvalue weighted by Gasteiger charge is 2.14. The van der Waals surface area contributed by atoms with Gasteiger partial charge >= 0.3 is 0 Å². The number of rotatable bonds is 6. The maximum Gasteiger partial charge on any atom is 0.0715 e. The minimum atomic E-state index is 0.952. The highest BCUT2D eigenvalue weighted by Crippen LogP contribution is 2.38. The van der Waals surface area contributed by atoms with E-state index in [0.717, 1.165) is 45.0 Å². The number of nitrogens with zero attached hydrogens (tertiary/aromatic N) is 2. The largest absolute Gasteiger partial charge is 0.258 e. The number of aryl methyl sites for hydroxylation is 2. The van der Waals surface area contributed by atoms with Crippen molar-refractivity contribution < 1.29 is 0 Å². The first kappa shape index (κ1) is 31.3. The molecule has 0 radical (unpaired) electrons. The van der Waals surface area contributed by atoms with Crippen molar-refractivity contribution in [3.63, 3.8) is 0 Å². The Balaban J connectivity index is 1.24. The van der Waals surface area contributed by atoms with Gasteiger partial charge in [0.15, 0.2) is 0 Å².